The lowest BCUT2D eigenvalue weighted by molar-refractivity contribution is -0.221. The first-order chi connectivity index (χ1) is 20.7. The predicted octanol–water partition coefficient (Wildman–Crippen LogP) is 9.40. The van der Waals surface area contributed by atoms with E-state index in [9.17, 15) is 32.3 Å². The van der Waals surface area contributed by atoms with Gasteiger partial charge in [0.1, 0.15) is 6.10 Å². The Morgan fingerprint density at radius 2 is 1.13 bits per heavy atom. The lowest BCUT2D eigenvalue weighted by Gasteiger charge is -2.37. The summed E-state index contributed by atoms with van der Waals surface area (Å²) in [6, 6.07) is 0. The summed E-state index contributed by atoms with van der Waals surface area (Å²) in [6.07, 6.45) is -0.170. The Kier molecular flexibility index (Phi) is 18.9. The number of carbonyl (C=O) groups excluding carboxylic acids is 4. The molecule has 0 aromatic carbocycles. The normalized spacial score (nSPS) is 20.9. The fourth-order valence-electron chi connectivity index (χ4n) is 4.05. The van der Waals surface area contributed by atoms with Gasteiger partial charge in [-0.1, -0.05) is 49.0 Å². The maximum absolute atomic E-state index is 12.0. The molecule has 0 amide bonds. The molecule has 2 fully saturated rings. The van der Waals surface area contributed by atoms with Crippen LogP contribution in [0.15, 0.2) is 0 Å². The smallest absolute Gasteiger partial charge is 0.425 e. The molecule has 0 aromatic rings. The lowest BCUT2D eigenvalue weighted by atomic mass is 9.72. The molecule has 1 heterocycles. The Hall–Kier alpha value is -2.33. The van der Waals surface area contributed by atoms with Gasteiger partial charge in [-0.25, -0.2) is 4.79 Å². The molecule has 1 aliphatic heterocycles. The fraction of sp³-hybridized carbons (Fsp3) is 0.889. The van der Waals surface area contributed by atoms with E-state index in [4.69, 9.17) is 14.2 Å². The van der Waals surface area contributed by atoms with Crippen molar-refractivity contribution in [1.29, 1.82) is 0 Å². The molecule has 0 bridgehead atoms. The van der Waals surface area contributed by atoms with E-state index in [2.05, 4.69) is 25.5 Å². The van der Waals surface area contributed by atoms with Crippen molar-refractivity contribution >= 4 is 23.9 Å². The minimum absolute atomic E-state index is 0. The van der Waals surface area contributed by atoms with E-state index in [1.165, 1.54) is 12.8 Å². The van der Waals surface area contributed by atoms with Crippen LogP contribution in [0.25, 0.3) is 0 Å². The van der Waals surface area contributed by atoms with Gasteiger partial charge in [-0.3, -0.25) is 14.4 Å². The number of rotatable bonds is 9. The molecule has 0 aromatic heterocycles. The van der Waals surface area contributed by atoms with Crippen LogP contribution in [0.3, 0.4) is 0 Å². The van der Waals surface area contributed by atoms with Crippen molar-refractivity contribution in [2.75, 3.05) is 6.61 Å². The van der Waals surface area contributed by atoms with Crippen LogP contribution in [0.1, 0.15) is 149 Å². The summed E-state index contributed by atoms with van der Waals surface area (Å²) in [4.78, 5) is 45.8. The van der Waals surface area contributed by atoms with Gasteiger partial charge in [0.2, 0.25) is 6.10 Å². The molecule has 2 unspecified atom stereocenters. The molecule has 8 nitrogen and oxygen atoms in total. The maximum Gasteiger partial charge on any atom is 0.425 e. The summed E-state index contributed by atoms with van der Waals surface area (Å²) in [7, 11) is 0. The summed E-state index contributed by atoms with van der Waals surface area (Å²) in [5.41, 5.74) is -1.33. The highest BCUT2D eigenvalue weighted by atomic mass is 19.4. The van der Waals surface area contributed by atoms with Gasteiger partial charge in [0.05, 0.1) is 22.9 Å². The summed E-state index contributed by atoms with van der Waals surface area (Å²) in [5, 5.41) is 0. The van der Waals surface area contributed by atoms with Gasteiger partial charge in [-0.05, 0) is 105 Å². The summed E-state index contributed by atoms with van der Waals surface area (Å²) < 4.78 is 55.8. The highest BCUT2D eigenvalue weighted by molar-refractivity contribution is 5.82. The van der Waals surface area contributed by atoms with Crippen molar-refractivity contribution in [3.8, 4) is 0 Å². The molecule has 0 spiro atoms. The third-order valence-electron chi connectivity index (χ3n) is 9.36. The van der Waals surface area contributed by atoms with E-state index in [0.717, 1.165) is 32.1 Å². The van der Waals surface area contributed by atoms with Gasteiger partial charge in [0, 0.05) is 6.42 Å². The van der Waals surface area contributed by atoms with Crippen LogP contribution in [0.5, 0.6) is 0 Å². The molecule has 2 atom stereocenters. The Morgan fingerprint density at radius 3 is 1.47 bits per heavy atom. The van der Waals surface area contributed by atoms with Crippen LogP contribution in [0.2, 0.25) is 0 Å². The minimum atomic E-state index is -4.49. The average Bonchev–Trinajstić information content (AvgIpc) is 3.36. The number of carbonyl (C=O) groups is 4. The van der Waals surface area contributed by atoms with Crippen LogP contribution in [-0.2, 0) is 38.1 Å². The molecule has 11 heteroatoms. The van der Waals surface area contributed by atoms with Gasteiger partial charge < -0.3 is 18.9 Å². The zero-order valence-corrected chi connectivity index (χ0v) is 30.6. The van der Waals surface area contributed by atoms with E-state index in [1.807, 2.05) is 27.7 Å². The summed E-state index contributed by atoms with van der Waals surface area (Å²) >= 11 is 0. The maximum atomic E-state index is 12.0. The molecule has 1 saturated carbocycles. The Bertz CT molecular complexity index is 987. The Labute approximate surface area is 282 Å². The van der Waals surface area contributed by atoms with Crippen LogP contribution in [0.4, 0.5) is 13.2 Å². The number of hydrogen-bond donors (Lipinski definition) is 0. The molecule has 2 aliphatic rings. The van der Waals surface area contributed by atoms with E-state index >= 15 is 0 Å². The Balaban J connectivity index is 0. The van der Waals surface area contributed by atoms with E-state index in [-0.39, 0.29) is 30.9 Å². The average molecular weight is 683 g/mol. The number of esters is 4. The monoisotopic (exact) mass is 682 g/mol. The first-order valence-corrected chi connectivity index (χ1v) is 16.6. The molecule has 278 valence electrons. The predicted molar refractivity (Wildman–Crippen MR) is 177 cm³/mol. The van der Waals surface area contributed by atoms with Crippen LogP contribution in [-0.4, -0.2) is 55.0 Å². The van der Waals surface area contributed by atoms with Gasteiger partial charge in [-0.15, -0.1) is 0 Å². The molecule has 0 radical (unpaired) electrons. The van der Waals surface area contributed by atoms with Crippen molar-refractivity contribution in [2.24, 2.45) is 27.6 Å². The zero-order chi connectivity index (χ0) is 36.3. The van der Waals surface area contributed by atoms with Gasteiger partial charge in [0.25, 0.3) is 0 Å². The largest absolute Gasteiger partial charge is 0.463 e. The standard InChI is InChI=1S/C16H30O2.C10H16O4.C9H15F3O2.CH4/c1-7-16(5,6)14(17)18-13-10-8-12(9-11-13)15(2,3)4;1-4-10(2,3)9(12)14-7-5-6-13-8(7)11;1-5-8(3,4)7(13)14-6(2)9(10,11)12;/h12-13H,7-11H2,1-6H3;7H,4-6H2,1-3H3;6H,5H2,1-4H3;1H4. The van der Waals surface area contributed by atoms with Crippen LogP contribution < -0.4 is 0 Å². The highest BCUT2D eigenvalue weighted by Gasteiger charge is 2.41. The summed E-state index contributed by atoms with van der Waals surface area (Å²) in [6.45, 7) is 24.4. The van der Waals surface area contributed by atoms with E-state index in [1.54, 1.807) is 34.6 Å². The number of ether oxygens (including phenoxy) is 4. The number of hydrogen-bond acceptors (Lipinski definition) is 8. The number of alkyl halides is 3. The highest BCUT2D eigenvalue weighted by Crippen LogP contribution is 2.39. The topological polar surface area (TPSA) is 105 Å². The zero-order valence-electron chi connectivity index (χ0n) is 30.6. The van der Waals surface area contributed by atoms with Crippen molar-refractivity contribution in [1.82, 2.24) is 0 Å². The Morgan fingerprint density at radius 1 is 0.723 bits per heavy atom. The molecule has 47 heavy (non-hydrogen) atoms. The van der Waals surface area contributed by atoms with Gasteiger partial charge in [0.15, 0.2) is 6.10 Å². The molecule has 1 aliphatic carbocycles. The van der Waals surface area contributed by atoms with E-state index < -0.39 is 41.2 Å². The van der Waals surface area contributed by atoms with Crippen molar-refractivity contribution in [3.05, 3.63) is 0 Å². The van der Waals surface area contributed by atoms with Crippen molar-refractivity contribution in [2.45, 2.75) is 173 Å². The number of cyclic esters (lactones) is 1. The second-order valence-electron chi connectivity index (χ2n) is 15.4. The first kappa shape index (κ1) is 46.8. The third kappa shape index (κ3) is 16.1. The molecule has 1 saturated heterocycles. The molecule has 0 N–H and O–H groups in total. The number of halogens is 3. The van der Waals surface area contributed by atoms with Crippen molar-refractivity contribution < 1.29 is 51.3 Å². The SMILES string of the molecule is C.CCC(C)(C)C(=O)OC(C)C(F)(F)F.CCC(C)(C)C(=O)OC1CCC(C(C)(C)C)CC1.CCC(C)(C)C(=O)OC1CCOC1=O. The third-order valence-corrected chi connectivity index (χ3v) is 9.36. The van der Waals surface area contributed by atoms with Gasteiger partial charge in [-0.2, -0.15) is 13.2 Å². The van der Waals surface area contributed by atoms with Crippen molar-refractivity contribution in [3.63, 3.8) is 0 Å². The fourth-order valence-corrected chi connectivity index (χ4v) is 4.05. The second-order valence-corrected chi connectivity index (χ2v) is 15.4. The minimum Gasteiger partial charge on any atom is -0.463 e. The molecular formula is C36H65F3O8. The quantitative estimate of drug-likeness (QED) is 0.175. The second kappa shape index (κ2) is 19.0. The lowest BCUT2D eigenvalue weighted by Crippen LogP contribution is -2.36. The van der Waals surface area contributed by atoms with Crippen LogP contribution >= 0.6 is 0 Å². The van der Waals surface area contributed by atoms with E-state index in [0.29, 0.717) is 31.3 Å². The van der Waals surface area contributed by atoms with Crippen LogP contribution in [0, 0.1) is 27.6 Å². The molecular weight excluding hydrogens is 617 g/mol. The van der Waals surface area contributed by atoms with Gasteiger partial charge >= 0.3 is 30.1 Å². The summed E-state index contributed by atoms with van der Waals surface area (Å²) in [5.74, 6) is -0.824. The molecule has 2 rings (SSSR count). The first-order valence-electron chi connectivity index (χ1n) is 16.6.